The maximum absolute atomic E-state index is 13.6. The lowest BCUT2D eigenvalue weighted by Crippen LogP contribution is -2.39. The molecule has 0 aliphatic carbocycles. The van der Waals surface area contributed by atoms with E-state index in [-0.39, 0.29) is 24.5 Å². The van der Waals surface area contributed by atoms with E-state index in [0.717, 1.165) is 11.1 Å². The second-order valence-electron chi connectivity index (χ2n) is 7.72. The van der Waals surface area contributed by atoms with E-state index < -0.39 is 6.04 Å². The number of hydrogen-bond donors (Lipinski definition) is 1. The predicted molar refractivity (Wildman–Crippen MR) is 122 cm³/mol. The molecule has 0 aromatic heterocycles. The number of halogens is 1. The molecule has 0 fully saturated rings. The molecule has 5 nitrogen and oxygen atoms in total. The highest BCUT2D eigenvalue weighted by Gasteiger charge is 2.34. The fourth-order valence-electron chi connectivity index (χ4n) is 3.78. The van der Waals surface area contributed by atoms with Crippen molar-refractivity contribution in [3.05, 3.63) is 94.5 Å². The van der Waals surface area contributed by atoms with Crippen LogP contribution in [0.25, 0.3) is 0 Å². The van der Waals surface area contributed by atoms with Crippen molar-refractivity contribution in [2.75, 3.05) is 11.9 Å². The first-order chi connectivity index (χ1) is 14.9. The van der Waals surface area contributed by atoms with Crippen LogP contribution in [-0.4, -0.2) is 29.4 Å². The number of anilines is 1. The second kappa shape index (κ2) is 8.82. The van der Waals surface area contributed by atoms with Crippen LogP contribution in [0, 0.1) is 0 Å². The lowest BCUT2D eigenvalue weighted by atomic mass is 9.95. The van der Waals surface area contributed by atoms with E-state index in [9.17, 15) is 9.59 Å². The summed E-state index contributed by atoms with van der Waals surface area (Å²) in [6.07, 6.45) is 0.0413. The third-order valence-corrected chi connectivity index (χ3v) is 5.29. The van der Waals surface area contributed by atoms with E-state index in [2.05, 4.69) is 5.32 Å². The smallest absolute Gasteiger partial charge is 0.255 e. The molecule has 0 spiro atoms. The highest BCUT2D eigenvalue weighted by atomic mass is 35.5. The van der Waals surface area contributed by atoms with Crippen molar-refractivity contribution in [2.24, 2.45) is 0 Å². The second-order valence-corrected chi connectivity index (χ2v) is 8.15. The summed E-state index contributed by atoms with van der Waals surface area (Å²) in [5, 5.41) is 3.45. The Kier molecular flexibility index (Phi) is 5.96. The normalized spacial score (nSPS) is 15.8. The van der Waals surface area contributed by atoms with Gasteiger partial charge in [-0.1, -0.05) is 41.9 Å². The van der Waals surface area contributed by atoms with Gasteiger partial charge in [-0.25, -0.2) is 0 Å². The average molecular weight is 435 g/mol. The lowest BCUT2D eigenvalue weighted by Gasteiger charge is -2.30. The van der Waals surface area contributed by atoms with Crippen LogP contribution >= 0.6 is 11.6 Å². The standard InChI is InChI=1S/C25H23ClN2O3/c1-16(2)31-20-11-8-18(9-12-20)25(30)28-15-23(29)27-22-13-10-19(26)14-21(22)24(28)17-6-4-3-5-7-17/h3-14,16,24H,15H2,1-2H3,(H,27,29). The lowest BCUT2D eigenvalue weighted by molar-refractivity contribution is -0.117. The average Bonchev–Trinajstić information content (AvgIpc) is 2.89. The fraction of sp³-hybridized carbons (Fsp3) is 0.200. The molecule has 3 aromatic carbocycles. The topological polar surface area (TPSA) is 58.6 Å². The van der Waals surface area contributed by atoms with Gasteiger partial charge in [-0.05, 0) is 61.9 Å². The molecule has 0 saturated carbocycles. The van der Waals surface area contributed by atoms with Crippen LogP contribution in [-0.2, 0) is 4.79 Å². The number of carbonyl (C=O) groups excluding carboxylic acids is 2. The minimum atomic E-state index is -0.465. The molecule has 3 aromatic rings. The molecule has 0 radical (unpaired) electrons. The van der Waals surface area contributed by atoms with Gasteiger partial charge < -0.3 is 15.0 Å². The molecule has 1 aliphatic heterocycles. The molecule has 0 saturated heterocycles. The summed E-state index contributed by atoms with van der Waals surface area (Å²) >= 11 is 6.29. The van der Waals surface area contributed by atoms with Crippen molar-refractivity contribution in [3.8, 4) is 5.75 Å². The predicted octanol–water partition coefficient (Wildman–Crippen LogP) is 5.31. The van der Waals surface area contributed by atoms with E-state index in [1.165, 1.54) is 0 Å². The van der Waals surface area contributed by atoms with Gasteiger partial charge in [0, 0.05) is 21.8 Å². The zero-order chi connectivity index (χ0) is 22.0. The number of carbonyl (C=O) groups is 2. The highest BCUT2D eigenvalue weighted by Crippen LogP contribution is 2.38. The molecule has 1 atom stereocenters. The van der Waals surface area contributed by atoms with E-state index >= 15 is 0 Å². The minimum Gasteiger partial charge on any atom is -0.491 e. The molecule has 1 heterocycles. The van der Waals surface area contributed by atoms with Crippen LogP contribution in [0.5, 0.6) is 5.75 Å². The summed E-state index contributed by atoms with van der Waals surface area (Å²) in [5.74, 6) is 0.194. The molecule has 1 aliphatic rings. The number of hydrogen-bond acceptors (Lipinski definition) is 3. The summed E-state index contributed by atoms with van der Waals surface area (Å²) in [5.41, 5.74) is 2.81. The van der Waals surface area contributed by atoms with Crippen LogP contribution in [0.4, 0.5) is 5.69 Å². The molecule has 1 N–H and O–H groups in total. The number of rotatable bonds is 4. The maximum Gasteiger partial charge on any atom is 0.255 e. The Hall–Kier alpha value is -3.31. The molecule has 0 bridgehead atoms. The van der Waals surface area contributed by atoms with Crippen LogP contribution < -0.4 is 10.1 Å². The van der Waals surface area contributed by atoms with Gasteiger partial charge in [-0.3, -0.25) is 9.59 Å². The van der Waals surface area contributed by atoms with Crippen molar-refractivity contribution in [1.82, 2.24) is 4.90 Å². The zero-order valence-electron chi connectivity index (χ0n) is 17.3. The van der Waals surface area contributed by atoms with E-state index in [1.54, 1.807) is 47.4 Å². The Bertz CT molecular complexity index is 1100. The first kappa shape index (κ1) is 20.9. The summed E-state index contributed by atoms with van der Waals surface area (Å²) in [6.45, 7) is 3.82. The van der Waals surface area contributed by atoms with Gasteiger partial charge in [-0.2, -0.15) is 0 Å². The molecule has 1 unspecified atom stereocenters. The van der Waals surface area contributed by atoms with Crippen molar-refractivity contribution in [3.63, 3.8) is 0 Å². The quantitative estimate of drug-likeness (QED) is 0.605. The van der Waals surface area contributed by atoms with Crippen LogP contribution in [0.2, 0.25) is 5.02 Å². The Morgan fingerprint density at radius 2 is 1.77 bits per heavy atom. The van der Waals surface area contributed by atoms with E-state index in [0.29, 0.717) is 22.0 Å². The van der Waals surface area contributed by atoms with Gasteiger partial charge in [0.2, 0.25) is 5.91 Å². The number of nitrogens with one attached hydrogen (secondary N) is 1. The van der Waals surface area contributed by atoms with Crippen molar-refractivity contribution < 1.29 is 14.3 Å². The molecule has 31 heavy (non-hydrogen) atoms. The van der Waals surface area contributed by atoms with Gasteiger partial charge in [0.1, 0.15) is 12.3 Å². The summed E-state index contributed by atoms with van der Waals surface area (Å²) in [7, 11) is 0. The highest BCUT2D eigenvalue weighted by molar-refractivity contribution is 6.30. The Morgan fingerprint density at radius 3 is 2.45 bits per heavy atom. The third kappa shape index (κ3) is 4.57. The molecule has 6 heteroatoms. The van der Waals surface area contributed by atoms with Gasteiger partial charge in [0.25, 0.3) is 5.91 Å². The van der Waals surface area contributed by atoms with Gasteiger partial charge >= 0.3 is 0 Å². The van der Waals surface area contributed by atoms with Gasteiger partial charge in [0.05, 0.1) is 12.1 Å². The number of nitrogens with zero attached hydrogens (tertiary/aromatic N) is 1. The summed E-state index contributed by atoms with van der Waals surface area (Å²) in [6, 6.07) is 21.5. The van der Waals surface area contributed by atoms with Gasteiger partial charge in [0.15, 0.2) is 0 Å². The number of benzene rings is 3. The molecule has 4 rings (SSSR count). The molecular weight excluding hydrogens is 412 g/mol. The maximum atomic E-state index is 13.6. The Balaban J connectivity index is 1.78. The third-order valence-electron chi connectivity index (χ3n) is 5.06. The van der Waals surface area contributed by atoms with Gasteiger partial charge in [-0.15, -0.1) is 0 Å². The van der Waals surface area contributed by atoms with E-state index in [4.69, 9.17) is 16.3 Å². The zero-order valence-corrected chi connectivity index (χ0v) is 18.1. The molecular formula is C25H23ClN2O3. The van der Waals surface area contributed by atoms with Crippen molar-refractivity contribution >= 4 is 29.1 Å². The Labute approximate surface area is 186 Å². The number of fused-ring (bicyclic) bond motifs is 1. The summed E-state index contributed by atoms with van der Waals surface area (Å²) < 4.78 is 5.68. The van der Waals surface area contributed by atoms with Crippen molar-refractivity contribution in [2.45, 2.75) is 26.0 Å². The number of amides is 2. The van der Waals surface area contributed by atoms with E-state index in [1.807, 2.05) is 44.2 Å². The molecule has 2 amide bonds. The van der Waals surface area contributed by atoms with Crippen molar-refractivity contribution in [1.29, 1.82) is 0 Å². The Morgan fingerprint density at radius 1 is 1.06 bits per heavy atom. The van der Waals surface area contributed by atoms with Crippen LogP contribution in [0.3, 0.4) is 0 Å². The van der Waals surface area contributed by atoms with Crippen LogP contribution in [0.15, 0.2) is 72.8 Å². The van der Waals surface area contributed by atoms with Crippen LogP contribution in [0.1, 0.15) is 41.4 Å². The SMILES string of the molecule is CC(C)Oc1ccc(C(=O)N2CC(=O)Nc3ccc(Cl)cc3C2c2ccccc2)cc1. The minimum absolute atomic E-state index is 0.0413. The largest absolute Gasteiger partial charge is 0.491 e. The molecule has 158 valence electrons. The monoisotopic (exact) mass is 434 g/mol. The number of ether oxygens (including phenoxy) is 1. The summed E-state index contributed by atoms with van der Waals surface area (Å²) in [4.78, 5) is 27.8. The first-order valence-corrected chi connectivity index (χ1v) is 10.5. The first-order valence-electron chi connectivity index (χ1n) is 10.1. The fourth-order valence-corrected chi connectivity index (χ4v) is 3.96.